The van der Waals surface area contributed by atoms with Crippen LogP contribution in [0.3, 0.4) is 0 Å². The van der Waals surface area contributed by atoms with Gasteiger partial charge in [-0.2, -0.15) is 0 Å². The highest BCUT2D eigenvalue weighted by Crippen LogP contribution is 2.25. The van der Waals surface area contributed by atoms with E-state index in [0.29, 0.717) is 32.4 Å². The summed E-state index contributed by atoms with van der Waals surface area (Å²) in [4.78, 5) is 25.7. The molecule has 2 rings (SSSR count). The molecular formula is C20H33BN2O6. The molecule has 4 N–H and O–H groups in total. The Morgan fingerprint density at radius 2 is 2.10 bits per heavy atom. The first-order chi connectivity index (χ1) is 13.6. The van der Waals surface area contributed by atoms with Gasteiger partial charge >= 0.3 is 13.1 Å². The van der Waals surface area contributed by atoms with E-state index >= 15 is 0 Å². The fourth-order valence-electron chi connectivity index (χ4n) is 3.07. The van der Waals surface area contributed by atoms with Crippen molar-refractivity contribution in [1.29, 1.82) is 0 Å². The van der Waals surface area contributed by atoms with Gasteiger partial charge in [0, 0.05) is 6.42 Å². The van der Waals surface area contributed by atoms with Gasteiger partial charge in [-0.15, -0.1) is 0 Å². The SMILES string of the molecule is CC1/C=C\C(OC2CN(C(=O)CCC(C)(C)CN)C2)=C(\C(=O)O)COB(O)CC1. The number of ether oxygens (including phenoxy) is 1. The number of carboxylic acid groups (broad SMARTS) is 1. The summed E-state index contributed by atoms with van der Waals surface area (Å²) in [6.45, 7) is 7.18. The number of carbonyl (C=O) groups is 2. The average molecular weight is 408 g/mol. The molecule has 0 aromatic heterocycles. The Bertz CT molecular complexity index is 657. The maximum atomic E-state index is 12.3. The van der Waals surface area contributed by atoms with Gasteiger partial charge < -0.3 is 30.2 Å². The first-order valence-corrected chi connectivity index (χ1v) is 10.2. The first kappa shape index (κ1) is 23.4. The van der Waals surface area contributed by atoms with Crippen LogP contribution in [0.1, 0.15) is 40.0 Å². The predicted octanol–water partition coefficient (Wildman–Crippen LogP) is 1.41. The second-order valence-electron chi connectivity index (χ2n) is 8.73. The summed E-state index contributed by atoms with van der Waals surface area (Å²) in [5.74, 6) is -0.730. The third-order valence-electron chi connectivity index (χ3n) is 5.48. The van der Waals surface area contributed by atoms with Gasteiger partial charge in [0.2, 0.25) is 5.91 Å². The molecule has 162 valence electrons. The van der Waals surface area contributed by atoms with Crippen LogP contribution in [0.25, 0.3) is 0 Å². The maximum Gasteiger partial charge on any atom is 0.454 e. The molecule has 29 heavy (non-hydrogen) atoms. The van der Waals surface area contributed by atoms with Crippen LogP contribution in [0.4, 0.5) is 0 Å². The Kier molecular flexibility index (Phi) is 8.30. The van der Waals surface area contributed by atoms with Crippen LogP contribution in [0, 0.1) is 11.3 Å². The monoisotopic (exact) mass is 408 g/mol. The molecule has 0 saturated carbocycles. The van der Waals surface area contributed by atoms with E-state index < -0.39 is 13.1 Å². The Balaban J connectivity index is 1.98. The van der Waals surface area contributed by atoms with E-state index in [-0.39, 0.29) is 41.3 Å². The van der Waals surface area contributed by atoms with Crippen LogP contribution in [-0.4, -0.2) is 66.4 Å². The number of carboxylic acids is 1. The molecule has 0 radical (unpaired) electrons. The molecule has 2 heterocycles. The van der Waals surface area contributed by atoms with Crippen molar-refractivity contribution in [3.63, 3.8) is 0 Å². The van der Waals surface area contributed by atoms with Crippen molar-refractivity contribution in [3.05, 3.63) is 23.5 Å². The molecule has 2 aliphatic rings. The standard InChI is InChI=1S/C20H33BN2O6/c1-14-4-5-17(16(19(25)26)12-28-21(27)9-7-14)29-15-10-23(11-15)18(24)6-8-20(2,3)13-22/h4-5,14-15,27H,6-13,22H2,1-3H3,(H,25,26)/b5-4-,17-16-. The van der Waals surface area contributed by atoms with Crippen LogP contribution in [0.5, 0.6) is 0 Å². The van der Waals surface area contributed by atoms with Gasteiger partial charge in [-0.25, -0.2) is 4.79 Å². The Morgan fingerprint density at radius 3 is 2.72 bits per heavy atom. The molecule has 8 nitrogen and oxygen atoms in total. The first-order valence-electron chi connectivity index (χ1n) is 10.2. The number of hydrogen-bond acceptors (Lipinski definition) is 6. The third-order valence-corrected chi connectivity index (χ3v) is 5.48. The van der Waals surface area contributed by atoms with E-state index in [1.54, 1.807) is 11.0 Å². The lowest BCUT2D eigenvalue weighted by Gasteiger charge is -2.40. The minimum Gasteiger partial charge on any atom is -0.486 e. The van der Waals surface area contributed by atoms with E-state index in [9.17, 15) is 19.7 Å². The summed E-state index contributed by atoms with van der Waals surface area (Å²) in [6.07, 6.45) is 5.60. The van der Waals surface area contributed by atoms with E-state index in [4.69, 9.17) is 15.1 Å². The number of nitrogens with zero attached hydrogens (tertiary/aromatic N) is 1. The van der Waals surface area contributed by atoms with E-state index in [1.165, 1.54) is 0 Å². The molecule has 2 aliphatic heterocycles. The predicted molar refractivity (Wildman–Crippen MR) is 110 cm³/mol. The lowest BCUT2D eigenvalue weighted by Crippen LogP contribution is -2.54. The smallest absolute Gasteiger partial charge is 0.454 e. The number of nitrogens with two attached hydrogens (primary N) is 1. The number of allylic oxidation sites excluding steroid dienone is 2. The Labute approximate surface area is 172 Å². The third kappa shape index (κ3) is 7.17. The number of rotatable bonds is 7. The van der Waals surface area contributed by atoms with Gasteiger partial charge in [0.05, 0.1) is 19.7 Å². The summed E-state index contributed by atoms with van der Waals surface area (Å²) < 4.78 is 11.2. The molecule has 1 saturated heterocycles. The second kappa shape index (κ2) is 10.3. The van der Waals surface area contributed by atoms with Crippen molar-refractivity contribution >= 4 is 19.0 Å². The Hall–Kier alpha value is -1.84. The molecule has 0 aliphatic carbocycles. The molecule has 0 aromatic carbocycles. The molecule has 9 heteroatoms. The normalized spacial score (nSPS) is 25.3. The van der Waals surface area contributed by atoms with Gasteiger partial charge in [0.25, 0.3) is 0 Å². The van der Waals surface area contributed by atoms with E-state index in [0.717, 1.165) is 12.8 Å². The summed E-state index contributed by atoms with van der Waals surface area (Å²) >= 11 is 0. The van der Waals surface area contributed by atoms with Crippen molar-refractivity contribution in [3.8, 4) is 0 Å². The van der Waals surface area contributed by atoms with Gasteiger partial charge in [0.1, 0.15) is 17.4 Å². The molecule has 1 atom stereocenters. The topological polar surface area (TPSA) is 122 Å². The fraction of sp³-hybridized carbons (Fsp3) is 0.700. The number of aliphatic carboxylic acids is 1. The highest BCUT2D eigenvalue weighted by molar-refractivity contribution is 6.42. The van der Waals surface area contributed by atoms with Gasteiger partial charge in [-0.1, -0.05) is 26.8 Å². The maximum absolute atomic E-state index is 12.3. The number of likely N-dealkylation sites (tertiary alicyclic amines) is 1. The largest absolute Gasteiger partial charge is 0.486 e. The van der Waals surface area contributed by atoms with Crippen molar-refractivity contribution in [2.75, 3.05) is 26.2 Å². The quantitative estimate of drug-likeness (QED) is 0.545. The second-order valence-corrected chi connectivity index (χ2v) is 8.73. The van der Waals surface area contributed by atoms with Gasteiger partial charge in [-0.3, -0.25) is 4.79 Å². The van der Waals surface area contributed by atoms with Crippen LogP contribution in [0.15, 0.2) is 23.5 Å². The molecular weight excluding hydrogens is 375 g/mol. The zero-order valence-electron chi connectivity index (χ0n) is 17.6. The highest BCUT2D eigenvalue weighted by Gasteiger charge is 2.34. The molecule has 1 unspecified atom stereocenters. The van der Waals surface area contributed by atoms with Crippen LogP contribution < -0.4 is 5.73 Å². The minimum absolute atomic E-state index is 0.0381. The Morgan fingerprint density at radius 1 is 1.41 bits per heavy atom. The molecule has 1 amide bonds. The van der Waals surface area contributed by atoms with Crippen molar-refractivity contribution in [2.45, 2.75) is 52.5 Å². The number of hydrogen-bond donors (Lipinski definition) is 3. The minimum atomic E-state index is -1.15. The summed E-state index contributed by atoms with van der Waals surface area (Å²) in [5.41, 5.74) is 5.60. The molecule has 0 spiro atoms. The van der Waals surface area contributed by atoms with Crippen LogP contribution in [0.2, 0.25) is 6.32 Å². The average Bonchev–Trinajstić information content (AvgIpc) is 2.63. The van der Waals surface area contributed by atoms with E-state index in [2.05, 4.69) is 0 Å². The van der Waals surface area contributed by atoms with Crippen molar-refractivity contribution < 1.29 is 29.1 Å². The molecule has 1 fully saturated rings. The highest BCUT2D eigenvalue weighted by atomic mass is 16.5. The van der Waals surface area contributed by atoms with Crippen molar-refractivity contribution in [1.82, 2.24) is 4.90 Å². The van der Waals surface area contributed by atoms with Crippen molar-refractivity contribution in [2.24, 2.45) is 17.1 Å². The van der Waals surface area contributed by atoms with Crippen LogP contribution >= 0.6 is 0 Å². The fourth-order valence-corrected chi connectivity index (χ4v) is 3.07. The van der Waals surface area contributed by atoms with Crippen LogP contribution in [-0.2, 0) is 19.0 Å². The number of amides is 1. The van der Waals surface area contributed by atoms with E-state index in [1.807, 2.05) is 26.8 Å². The zero-order chi connectivity index (χ0) is 21.6. The molecule has 0 aromatic rings. The van der Waals surface area contributed by atoms with Gasteiger partial charge in [0.15, 0.2) is 0 Å². The summed E-state index contributed by atoms with van der Waals surface area (Å²) in [6, 6.07) is 0. The lowest BCUT2D eigenvalue weighted by atomic mass is 9.80. The molecule has 0 bridgehead atoms. The lowest BCUT2D eigenvalue weighted by molar-refractivity contribution is -0.143. The summed E-state index contributed by atoms with van der Waals surface area (Å²) in [5, 5.41) is 19.4. The van der Waals surface area contributed by atoms with Gasteiger partial charge in [-0.05, 0) is 43.1 Å². The summed E-state index contributed by atoms with van der Waals surface area (Å²) in [7, 11) is -1.01. The zero-order valence-corrected chi connectivity index (χ0v) is 17.6. The number of carbonyl (C=O) groups excluding carboxylic acids is 1.